The first-order valence-electron chi connectivity index (χ1n) is 5.18. The van der Waals surface area contributed by atoms with E-state index in [2.05, 4.69) is 10.3 Å². The van der Waals surface area contributed by atoms with Gasteiger partial charge in [-0.15, -0.1) is 5.10 Å². The molecule has 86 valence electrons. The normalized spacial score (nSPS) is 10.9. The van der Waals surface area contributed by atoms with Gasteiger partial charge in [0, 0.05) is 11.6 Å². The first-order valence-corrected chi connectivity index (χ1v) is 5.18. The highest BCUT2D eigenvalue weighted by atomic mass is 16.5. The second kappa shape index (κ2) is 3.62. The summed E-state index contributed by atoms with van der Waals surface area (Å²) in [6, 6.07) is 5.85. The van der Waals surface area contributed by atoms with Crippen LogP contribution >= 0.6 is 0 Å². The summed E-state index contributed by atoms with van der Waals surface area (Å²) in [6.45, 7) is 0. The van der Waals surface area contributed by atoms with Gasteiger partial charge in [-0.05, 0) is 23.6 Å². The smallest absolute Gasteiger partial charge is 0.161 e. The summed E-state index contributed by atoms with van der Waals surface area (Å²) in [6.07, 6.45) is 3.60. The number of nitrogens with zero attached hydrogens (tertiary/aromatic N) is 3. The van der Waals surface area contributed by atoms with E-state index >= 15 is 0 Å². The molecular weight excluding hydrogens is 218 g/mol. The Morgan fingerprint density at radius 3 is 2.65 bits per heavy atom. The molecule has 5 nitrogen and oxygen atoms in total. The molecule has 3 rings (SSSR count). The summed E-state index contributed by atoms with van der Waals surface area (Å²) in [5.41, 5.74) is 0.948. The number of aromatic nitrogens is 3. The minimum Gasteiger partial charge on any atom is -0.493 e. The summed E-state index contributed by atoms with van der Waals surface area (Å²) >= 11 is 0. The molecule has 0 bridgehead atoms. The molecule has 2 heterocycles. The van der Waals surface area contributed by atoms with Crippen LogP contribution in [0.25, 0.3) is 16.3 Å². The average molecular weight is 229 g/mol. The lowest BCUT2D eigenvalue weighted by Gasteiger charge is -2.09. The fraction of sp³-hybridized carbons (Fsp3) is 0.167. The molecule has 0 N–H and O–H groups in total. The number of ether oxygens (including phenoxy) is 2. The number of rotatable bonds is 2. The summed E-state index contributed by atoms with van der Waals surface area (Å²) in [5, 5.41) is 9.96. The third kappa shape index (κ3) is 1.39. The van der Waals surface area contributed by atoms with Gasteiger partial charge in [-0.3, -0.25) is 0 Å². The van der Waals surface area contributed by atoms with Gasteiger partial charge in [0.1, 0.15) is 0 Å². The van der Waals surface area contributed by atoms with Crippen molar-refractivity contribution >= 4 is 16.3 Å². The Morgan fingerprint density at radius 1 is 1.12 bits per heavy atom. The lowest BCUT2D eigenvalue weighted by atomic mass is 10.1. The molecule has 0 unspecified atom stereocenters. The maximum Gasteiger partial charge on any atom is 0.161 e. The van der Waals surface area contributed by atoms with Crippen molar-refractivity contribution in [2.75, 3.05) is 14.2 Å². The number of hydrogen-bond acceptors (Lipinski definition) is 4. The molecule has 0 aliphatic heterocycles. The highest BCUT2D eigenvalue weighted by Crippen LogP contribution is 2.33. The van der Waals surface area contributed by atoms with E-state index in [0.29, 0.717) is 5.75 Å². The molecular formula is C12H11N3O2. The second-order valence-corrected chi connectivity index (χ2v) is 3.67. The van der Waals surface area contributed by atoms with Gasteiger partial charge in [-0.1, -0.05) is 5.21 Å². The van der Waals surface area contributed by atoms with Gasteiger partial charge in [-0.25, -0.2) is 4.52 Å². The minimum atomic E-state index is 0.703. The van der Waals surface area contributed by atoms with Gasteiger partial charge in [0.05, 0.1) is 25.9 Å². The number of methoxy groups -OCH3 is 2. The molecule has 0 aliphatic rings. The maximum absolute atomic E-state index is 5.29. The van der Waals surface area contributed by atoms with E-state index in [1.165, 1.54) is 0 Å². The molecule has 0 spiro atoms. The van der Waals surface area contributed by atoms with Gasteiger partial charge in [0.25, 0.3) is 0 Å². The minimum absolute atomic E-state index is 0.703. The predicted octanol–water partition coefficient (Wildman–Crippen LogP) is 1.90. The van der Waals surface area contributed by atoms with Crippen LogP contribution in [0.5, 0.6) is 11.5 Å². The van der Waals surface area contributed by atoms with E-state index < -0.39 is 0 Å². The summed E-state index contributed by atoms with van der Waals surface area (Å²) in [5.74, 6) is 1.42. The molecule has 3 aromatic rings. The zero-order chi connectivity index (χ0) is 11.8. The number of benzene rings is 1. The van der Waals surface area contributed by atoms with Crippen LogP contribution in [0, 0.1) is 0 Å². The predicted molar refractivity (Wildman–Crippen MR) is 63.6 cm³/mol. The quantitative estimate of drug-likeness (QED) is 0.673. The third-order valence-corrected chi connectivity index (χ3v) is 2.80. The van der Waals surface area contributed by atoms with Crippen molar-refractivity contribution in [1.29, 1.82) is 0 Å². The molecule has 0 amide bonds. The highest BCUT2D eigenvalue weighted by Gasteiger charge is 2.08. The van der Waals surface area contributed by atoms with Crippen molar-refractivity contribution in [3.05, 3.63) is 30.6 Å². The van der Waals surface area contributed by atoms with Crippen molar-refractivity contribution in [2.45, 2.75) is 0 Å². The fourth-order valence-corrected chi connectivity index (χ4v) is 1.95. The first kappa shape index (κ1) is 9.89. The third-order valence-electron chi connectivity index (χ3n) is 2.80. The van der Waals surface area contributed by atoms with Crippen molar-refractivity contribution in [3.63, 3.8) is 0 Å². The van der Waals surface area contributed by atoms with Gasteiger partial charge >= 0.3 is 0 Å². The lowest BCUT2D eigenvalue weighted by Crippen LogP contribution is -1.92. The Morgan fingerprint density at radius 2 is 1.88 bits per heavy atom. The Labute approximate surface area is 97.6 Å². The van der Waals surface area contributed by atoms with Crippen molar-refractivity contribution in [1.82, 2.24) is 14.8 Å². The zero-order valence-corrected chi connectivity index (χ0v) is 9.54. The molecule has 0 atom stereocenters. The highest BCUT2D eigenvalue weighted by molar-refractivity contribution is 5.97. The number of fused-ring (bicyclic) bond motifs is 3. The van der Waals surface area contributed by atoms with Crippen LogP contribution in [-0.4, -0.2) is 29.0 Å². The van der Waals surface area contributed by atoms with Gasteiger partial charge in [0.2, 0.25) is 0 Å². The van der Waals surface area contributed by atoms with Gasteiger partial charge in [-0.2, -0.15) is 0 Å². The van der Waals surface area contributed by atoms with E-state index in [1.807, 2.05) is 24.4 Å². The summed E-state index contributed by atoms with van der Waals surface area (Å²) in [7, 11) is 3.25. The van der Waals surface area contributed by atoms with E-state index in [9.17, 15) is 0 Å². The van der Waals surface area contributed by atoms with Crippen LogP contribution in [-0.2, 0) is 0 Å². The van der Waals surface area contributed by atoms with Crippen LogP contribution in [0.3, 0.4) is 0 Å². The van der Waals surface area contributed by atoms with Crippen LogP contribution in [0.15, 0.2) is 30.6 Å². The zero-order valence-electron chi connectivity index (χ0n) is 9.54. The standard InChI is InChI=1S/C12H11N3O2/c1-16-11-5-8-3-4-15-10(7-13-14-15)9(8)6-12(11)17-2/h3-7H,1-2H3. The SMILES string of the molecule is COc1cc2ccn3nncc3c2cc1OC. The molecule has 0 saturated carbocycles. The maximum atomic E-state index is 5.29. The van der Waals surface area contributed by atoms with Crippen LogP contribution in [0.4, 0.5) is 0 Å². The van der Waals surface area contributed by atoms with Crippen LogP contribution in [0.1, 0.15) is 0 Å². The number of hydrogen-bond donors (Lipinski definition) is 0. The molecule has 5 heteroatoms. The molecule has 0 aliphatic carbocycles. The van der Waals surface area contributed by atoms with Crippen LogP contribution in [0.2, 0.25) is 0 Å². The Balaban J connectivity index is 2.42. The van der Waals surface area contributed by atoms with E-state index in [1.54, 1.807) is 24.9 Å². The molecule has 0 fully saturated rings. The molecule has 17 heavy (non-hydrogen) atoms. The topological polar surface area (TPSA) is 48.7 Å². The van der Waals surface area contributed by atoms with E-state index in [4.69, 9.17) is 9.47 Å². The molecule has 0 radical (unpaired) electrons. The summed E-state index contributed by atoms with van der Waals surface area (Å²) < 4.78 is 12.3. The monoisotopic (exact) mass is 229 g/mol. The molecule has 0 saturated heterocycles. The van der Waals surface area contributed by atoms with E-state index in [0.717, 1.165) is 22.0 Å². The second-order valence-electron chi connectivity index (χ2n) is 3.67. The van der Waals surface area contributed by atoms with Gasteiger partial charge < -0.3 is 9.47 Å². The fourth-order valence-electron chi connectivity index (χ4n) is 1.95. The van der Waals surface area contributed by atoms with Crippen LogP contribution < -0.4 is 9.47 Å². The average Bonchev–Trinajstić information content (AvgIpc) is 2.85. The first-order chi connectivity index (χ1) is 8.33. The van der Waals surface area contributed by atoms with Crippen molar-refractivity contribution < 1.29 is 9.47 Å². The number of pyridine rings is 1. The Hall–Kier alpha value is -2.30. The Bertz CT molecular complexity index is 691. The summed E-state index contributed by atoms with van der Waals surface area (Å²) in [4.78, 5) is 0. The Kier molecular flexibility index (Phi) is 2.11. The van der Waals surface area contributed by atoms with Crippen molar-refractivity contribution in [3.8, 4) is 11.5 Å². The lowest BCUT2D eigenvalue weighted by molar-refractivity contribution is 0.356. The largest absolute Gasteiger partial charge is 0.493 e. The van der Waals surface area contributed by atoms with E-state index in [-0.39, 0.29) is 0 Å². The van der Waals surface area contributed by atoms with Gasteiger partial charge in [0.15, 0.2) is 11.5 Å². The van der Waals surface area contributed by atoms with Crippen molar-refractivity contribution in [2.24, 2.45) is 0 Å². The molecule has 2 aromatic heterocycles. The molecule has 1 aromatic carbocycles.